The minimum atomic E-state index is -0.364. The maximum Gasteiger partial charge on any atom is 0.216 e. The van der Waals surface area contributed by atoms with Crippen molar-refractivity contribution in [1.82, 2.24) is 10.2 Å². The van der Waals surface area contributed by atoms with Crippen LogP contribution >= 0.6 is 0 Å². The molecule has 100 valence electrons. The fourth-order valence-corrected chi connectivity index (χ4v) is 3.27. The number of hydrogen-bond acceptors (Lipinski definition) is 4. The molecule has 0 aliphatic carbocycles. The minimum absolute atomic E-state index is 0.316. The van der Waals surface area contributed by atoms with E-state index in [4.69, 9.17) is 0 Å². The predicted octanol–water partition coefficient (Wildman–Crippen LogP) is 1.06. The summed E-state index contributed by atoms with van der Waals surface area (Å²) >= 11 is 0. The lowest BCUT2D eigenvalue weighted by atomic mass is 9.99. The maximum atomic E-state index is 12.0. The Hall–Kier alpha value is -1.52. The Morgan fingerprint density at radius 3 is 2.74 bits per heavy atom. The molecule has 1 N–H and O–H groups in total. The largest absolute Gasteiger partial charge is 0.317 e. The van der Waals surface area contributed by atoms with Gasteiger partial charge in [-0.3, -0.25) is 14.5 Å². The molecular weight excluding hydrogens is 240 g/mol. The number of carbonyl (C=O) groups is 2. The van der Waals surface area contributed by atoms with Gasteiger partial charge in [-0.25, -0.2) is 0 Å². The van der Waals surface area contributed by atoms with Crippen molar-refractivity contribution in [2.24, 2.45) is 0 Å². The molecular formula is C15H18N2O2. The number of benzene rings is 1. The fraction of sp³-hybridized carbons (Fsp3) is 0.467. The second kappa shape index (κ2) is 5.23. The van der Waals surface area contributed by atoms with Crippen LogP contribution in [0.1, 0.15) is 30.0 Å². The highest BCUT2D eigenvalue weighted by molar-refractivity contribution is 6.27. The Labute approximate surface area is 112 Å². The van der Waals surface area contributed by atoms with E-state index in [-0.39, 0.29) is 11.8 Å². The first kappa shape index (κ1) is 12.5. The molecule has 0 saturated carbocycles. The van der Waals surface area contributed by atoms with E-state index in [2.05, 4.69) is 16.3 Å². The number of piperidine rings is 1. The zero-order valence-electron chi connectivity index (χ0n) is 10.8. The Morgan fingerprint density at radius 1 is 1.26 bits per heavy atom. The number of nitrogens with one attached hydrogen (secondary N) is 1. The molecule has 2 heterocycles. The molecule has 1 aromatic rings. The SMILES string of the molecule is O=CC(=O)C1c2ccccc2CN1C1CCNCC1. The lowest BCUT2D eigenvalue weighted by molar-refractivity contribution is -0.134. The van der Waals surface area contributed by atoms with Crippen LogP contribution in [0.15, 0.2) is 24.3 Å². The molecule has 0 aromatic heterocycles. The number of rotatable bonds is 3. The lowest BCUT2D eigenvalue weighted by Gasteiger charge is -2.34. The Morgan fingerprint density at radius 2 is 2.00 bits per heavy atom. The average molecular weight is 258 g/mol. The van der Waals surface area contributed by atoms with Crippen molar-refractivity contribution in [1.29, 1.82) is 0 Å². The van der Waals surface area contributed by atoms with Crippen LogP contribution < -0.4 is 5.32 Å². The molecule has 4 nitrogen and oxygen atoms in total. The third-order valence-corrected chi connectivity index (χ3v) is 4.20. The molecule has 1 fully saturated rings. The molecule has 0 amide bonds. The van der Waals surface area contributed by atoms with Gasteiger partial charge in [0.15, 0.2) is 6.29 Å². The predicted molar refractivity (Wildman–Crippen MR) is 71.7 cm³/mol. The molecule has 3 rings (SSSR count). The number of Topliss-reactive ketones (excluding diaryl/α,β-unsaturated/α-hetero) is 1. The van der Waals surface area contributed by atoms with Crippen LogP contribution in [-0.2, 0) is 16.1 Å². The first-order valence-electron chi connectivity index (χ1n) is 6.84. The zero-order chi connectivity index (χ0) is 13.2. The molecule has 19 heavy (non-hydrogen) atoms. The summed E-state index contributed by atoms with van der Waals surface area (Å²) in [5.41, 5.74) is 2.19. The fourth-order valence-electron chi connectivity index (χ4n) is 3.27. The van der Waals surface area contributed by atoms with E-state index >= 15 is 0 Å². The number of carbonyl (C=O) groups excluding carboxylic acids is 2. The molecule has 1 unspecified atom stereocenters. The molecule has 0 spiro atoms. The van der Waals surface area contributed by atoms with E-state index < -0.39 is 0 Å². The number of nitrogens with zero attached hydrogens (tertiary/aromatic N) is 1. The molecule has 2 aliphatic rings. The van der Waals surface area contributed by atoms with Gasteiger partial charge in [-0.2, -0.15) is 0 Å². The first-order valence-corrected chi connectivity index (χ1v) is 6.84. The number of ketones is 1. The third-order valence-electron chi connectivity index (χ3n) is 4.20. The van der Waals surface area contributed by atoms with Crippen LogP contribution in [0.2, 0.25) is 0 Å². The van der Waals surface area contributed by atoms with Crippen molar-refractivity contribution >= 4 is 12.1 Å². The van der Waals surface area contributed by atoms with Crippen LogP contribution in [0, 0.1) is 0 Å². The quantitative estimate of drug-likeness (QED) is 0.650. The van der Waals surface area contributed by atoms with Gasteiger partial charge in [0.05, 0.1) is 0 Å². The maximum absolute atomic E-state index is 12.0. The van der Waals surface area contributed by atoms with Gasteiger partial charge in [0.2, 0.25) is 5.78 Å². The van der Waals surface area contributed by atoms with Gasteiger partial charge in [-0.05, 0) is 37.1 Å². The molecule has 1 aromatic carbocycles. The lowest BCUT2D eigenvalue weighted by Crippen LogP contribution is -2.44. The molecule has 1 saturated heterocycles. The summed E-state index contributed by atoms with van der Waals surface area (Å²) < 4.78 is 0. The van der Waals surface area contributed by atoms with E-state index in [1.165, 1.54) is 5.56 Å². The number of hydrogen-bond donors (Lipinski definition) is 1. The topological polar surface area (TPSA) is 49.4 Å². The van der Waals surface area contributed by atoms with Gasteiger partial charge in [-0.1, -0.05) is 24.3 Å². The van der Waals surface area contributed by atoms with E-state index in [1.54, 1.807) is 0 Å². The highest BCUT2D eigenvalue weighted by Crippen LogP contribution is 2.37. The standard InChI is InChI=1S/C15H18N2O2/c18-10-14(19)15-13-4-2-1-3-11(13)9-17(15)12-5-7-16-8-6-12/h1-4,10,12,15-16H,5-9H2. The van der Waals surface area contributed by atoms with Crippen molar-refractivity contribution in [2.75, 3.05) is 13.1 Å². The minimum Gasteiger partial charge on any atom is -0.317 e. The van der Waals surface area contributed by atoms with E-state index in [1.807, 2.05) is 18.2 Å². The monoisotopic (exact) mass is 258 g/mol. The Balaban J connectivity index is 1.92. The van der Waals surface area contributed by atoms with Gasteiger partial charge in [0.25, 0.3) is 0 Å². The van der Waals surface area contributed by atoms with Crippen LogP contribution in [0.5, 0.6) is 0 Å². The molecule has 2 aliphatic heterocycles. The highest BCUT2D eigenvalue weighted by Gasteiger charge is 2.38. The summed E-state index contributed by atoms with van der Waals surface area (Å²) in [6.45, 7) is 2.75. The van der Waals surface area contributed by atoms with E-state index in [0.717, 1.165) is 38.0 Å². The van der Waals surface area contributed by atoms with Crippen LogP contribution in [0.4, 0.5) is 0 Å². The van der Waals surface area contributed by atoms with Crippen molar-refractivity contribution in [2.45, 2.75) is 31.5 Å². The van der Waals surface area contributed by atoms with Crippen molar-refractivity contribution < 1.29 is 9.59 Å². The molecule has 4 heteroatoms. The number of aldehydes is 1. The summed E-state index contributed by atoms with van der Waals surface area (Å²) in [5.74, 6) is -0.316. The van der Waals surface area contributed by atoms with Gasteiger partial charge in [0, 0.05) is 12.6 Å². The first-order chi connectivity index (χ1) is 9.31. The summed E-state index contributed by atoms with van der Waals surface area (Å²) in [7, 11) is 0. The summed E-state index contributed by atoms with van der Waals surface area (Å²) in [6, 6.07) is 7.99. The van der Waals surface area contributed by atoms with Crippen molar-refractivity contribution in [3.05, 3.63) is 35.4 Å². The van der Waals surface area contributed by atoms with Gasteiger partial charge in [0.1, 0.15) is 6.04 Å². The van der Waals surface area contributed by atoms with Gasteiger partial charge < -0.3 is 5.32 Å². The smallest absolute Gasteiger partial charge is 0.216 e. The van der Waals surface area contributed by atoms with Crippen LogP contribution in [0.3, 0.4) is 0 Å². The van der Waals surface area contributed by atoms with Crippen molar-refractivity contribution in [3.8, 4) is 0 Å². The van der Waals surface area contributed by atoms with Crippen LogP contribution in [-0.4, -0.2) is 36.1 Å². The zero-order valence-corrected chi connectivity index (χ0v) is 10.8. The van der Waals surface area contributed by atoms with Crippen LogP contribution in [0.25, 0.3) is 0 Å². The second-order valence-electron chi connectivity index (χ2n) is 5.28. The molecule has 0 radical (unpaired) electrons. The van der Waals surface area contributed by atoms with Gasteiger partial charge >= 0.3 is 0 Å². The third kappa shape index (κ3) is 2.22. The summed E-state index contributed by atoms with van der Waals surface area (Å²) in [6.07, 6.45) is 2.55. The number of fused-ring (bicyclic) bond motifs is 1. The highest BCUT2D eigenvalue weighted by atomic mass is 16.2. The summed E-state index contributed by atoms with van der Waals surface area (Å²) in [4.78, 5) is 25.2. The van der Waals surface area contributed by atoms with Gasteiger partial charge in [-0.15, -0.1) is 0 Å². The summed E-state index contributed by atoms with van der Waals surface area (Å²) in [5, 5.41) is 3.34. The molecule has 1 atom stereocenters. The molecule has 0 bridgehead atoms. The van der Waals surface area contributed by atoms with Crippen molar-refractivity contribution in [3.63, 3.8) is 0 Å². The Bertz CT molecular complexity index is 495. The Kier molecular flexibility index (Phi) is 3.44. The van der Waals surface area contributed by atoms with E-state index in [9.17, 15) is 9.59 Å². The second-order valence-corrected chi connectivity index (χ2v) is 5.28. The van der Waals surface area contributed by atoms with E-state index in [0.29, 0.717) is 12.3 Å². The normalized spacial score (nSPS) is 24.1. The average Bonchev–Trinajstić information content (AvgIpc) is 2.87.